The molecule has 0 unspecified atom stereocenters. The van der Waals surface area contributed by atoms with E-state index in [1.165, 1.54) is 50.5 Å². The Morgan fingerprint density at radius 2 is 1.35 bits per heavy atom. The summed E-state index contributed by atoms with van der Waals surface area (Å²) in [6.45, 7) is 3.99. The van der Waals surface area contributed by atoms with E-state index >= 15 is 13.2 Å². The van der Waals surface area contributed by atoms with E-state index in [0.29, 0.717) is 29.4 Å². The number of aryl methyl sites for hydroxylation is 2. The molecule has 0 bridgehead atoms. The molecule has 0 aromatic heterocycles. The number of allylic oxidation sites excluding steroid dienone is 4. The number of rotatable bonds is 10. The summed E-state index contributed by atoms with van der Waals surface area (Å²) in [7, 11) is 0. The number of halogens is 3. The maximum absolute atomic E-state index is 15.1. The molecule has 196 valence electrons. The first-order valence-corrected chi connectivity index (χ1v) is 13.9. The highest BCUT2D eigenvalue weighted by molar-refractivity contribution is 5.89. The molecule has 3 aromatic rings. The lowest BCUT2D eigenvalue weighted by atomic mass is 9.78. The second-order valence-corrected chi connectivity index (χ2v) is 10.6. The van der Waals surface area contributed by atoms with Crippen molar-refractivity contribution >= 4 is 10.8 Å². The van der Waals surface area contributed by atoms with Crippen molar-refractivity contribution in [2.75, 3.05) is 0 Å². The molecule has 0 radical (unpaired) electrons. The molecule has 0 atom stereocenters. The van der Waals surface area contributed by atoms with Gasteiger partial charge in [-0.15, -0.1) is 0 Å². The van der Waals surface area contributed by atoms with E-state index in [-0.39, 0.29) is 10.9 Å². The Kier molecular flexibility index (Phi) is 9.66. The predicted molar refractivity (Wildman–Crippen MR) is 150 cm³/mol. The van der Waals surface area contributed by atoms with Gasteiger partial charge in [0.25, 0.3) is 0 Å². The van der Waals surface area contributed by atoms with Crippen molar-refractivity contribution in [3.63, 3.8) is 0 Å². The van der Waals surface area contributed by atoms with E-state index in [2.05, 4.69) is 19.1 Å². The highest BCUT2D eigenvalue weighted by atomic mass is 19.2. The molecule has 1 fully saturated rings. The number of fused-ring (bicyclic) bond motifs is 1. The van der Waals surface area contributed by atoms with Crippen LogP contribution in [0.5, 0.6) is 0 Å². The maximum atomic E-state index is 15.1. The zero-order chi connectivity index (χ0) is 26.2. The molecule has 4 rings (SSSR count). The van der Waals surface area contributed by atoms with Crippen LogP contribution < -0.4 is 0 Å². The second-order valence-electron chi connectivity index (χ2n) is 10.6. The van der Waals surface area contributed by atoms with Crippen LogP contribution in [-0.4, -0.2) is 0 Å². The molecule has 0 saturated heterocycles. The molecule has 0 amide bonds. The summed E-state index contributed by atoms with van der Waals surface area (Å²) in [5, 5.41) is 0.124. The van der Waals surface area contributed by atoms with Gasteiger partial charge in [-0.1, -0.05) is 86.4 Å². The Balaban J connectivity index is 1.41. The van der Waals surface area contributed by atoms with Gasteiger partial charge in [0.1, 0.15) is 5.82 Å². The van der Waals surface area contributed by atoms with Crippen LogP contribution in [0.1, 0.15) is 76.3 Å². The Morgan fingerprint density at radius 3 is 2.03 bits per heavy atom. The highest BCUT2D eigenvalue weighted by Gasteiger charge is 2.21. The van der Waals surface area contributed by atoms with Crippen molar-refractivity contribution in [2.24, 2.45) is 11.8 Å². The fourth-order valence-corrected chi connectivity index (χ4v) is 5.76. The lowest BCUT2D eigenvalue weighted by molar-refractivity contribution is 0.254. The van der Waals surface area contributed by atoms with Crippen LogP contribution in [0.2, 0.25) is 0 Å². The smallest absolute Gasteiger partial charge is 0.170 e. The van der Waals surface area contributed by atoms with Crippen molar-refractivity contribution in [2.45, 2.75) is 78.1 Å². The Hall–Kier alpha value is -2.81. The molecule has 0 N–H and O–H groups in total. The molecule has 37 heavy (non-hydrogen) atoms. The molecule has 3 heteroatoms. The first-order valence-electron chi connectivity index (χ1n) is 13.9. The van der Waals surface area contributed by atoms with Gasteiger partial charge in [-0.3, -0.25) is 0 Å². The van der Waals surface area contributed by atoms with E-state index in [1.54, 1.807) is 18.2 Å². The lowest BCUT2D eigenvalue weighted by Crippen LogP contribution is -2.15. The minimum atomic E-state index is -1.11. The van der Waals surface area contributed by atoms with Crippen LogP contribution in [0, 0.1) is 29.3 Å². The molecule has 1 saturated carbocycles. The van der Waals surface area contributed by atoms with Gasteiger partial charge in [0.15, 0.2) is 11.6 Å². The van der Waals surface area contributed by atoms with Gasteiger partial charge in [-0.05, 0) is 92.4 Å². The molecular formula is C34H39F3. The van der Waals surface area contributed by atoms with Crippen LogP contribution in [0.25, 0.3) is 21.9 Å². The molecule has 1 aliphatic carbocycles. The SMILES string of the molecule is C/C=C/CCc1ccc2cc(-c3ccc(CCC4CCC(CC/C=C/C)CC4)cc3)c(F)c(F)c2c1F. The van der Waals surface area contributed by atoms with Crippen molar-refractivity contribution in [3.05, 3.63) is 95.3 Å². The number of hydrogen-bond donors (Lipinski definition) is 0. The Morgan fingerprint density at radius 1 is 0.703 bits per heavy atom. The Bertz CT molecular complexity index is 1230. The maximum Gasteiger partial charge on any atom is 0.170 e. The van der Waals surface area contributed by atoms with E-state index in [4.69, 9.17) is 0 Å². The largest absolute Gasteiger partial charge is 0.206 e. The monoisotopic (exact) mass is 504 g/mol. The van der Waals surface area contributed by atoms with Crippen molar-refractivity contribution in [1.82, 2.24) is 0 Å². The zero-order valence-electron chi connectivity index (χ0n) is 22.2. The fourth-order valence-electron chi connectivity index (χ4n) is 5.76. The Labute approximate surface area is 220 Å². The average molecular weight is 505 g/mol. The van der Waals surface area contributed by atoms with Gasteiger partial charge in [-0.25, -0.2) is 13.2 Å². The topological polar surface area (TPSA) is 0 Å². The van der Waals surface area contributed by atoms with E-state index in [1.807, 2.05) is 43.3 Å². The normalized spacial score (nSPS) is 18.4. The fraction of sp³-hybridized carbons (Fsp3) is 0.412. The summed E-state index contributed by atoms with van der Waals surface area (Å²) < 4.78 is 45.2. The van der Waals surface area contributed by atoms with E-state index in [9.17, 15) is 0 Å². The molecule has 3 aromatic carbocycles. The minimum absolute atomic E-state index is 0.175. The summed E-state index contributed by atoms with van der Waals surface area (Å²) in [6, 6.07) is 12.7. The highest BCUT2D eigenvalue weighted by Crippen LogP contribution is 2.35. The summed E-state index contributed by atoms with van der Waals surface area (Å²) in [5.41, 5.74) is 2.41. The third-order valence-electron chi connectivity index (χ3n) is 8.07. The first-order chi connectivity index (χ1) is 18.0. The van der Waals surface area contributed by atoms with Gasteiger partial charge >= 0.3 is 0 Å². The van der Waals surface area contributed by atoms with Crippen molar-refractivity contribution in [1.29, 1.82) is 0 Å². The van der Waals surface area contributed by atoms with Crippen LogP contribution in [0.3, 0.4) is 0 Å². The van der Waals surface area contributed by atoms with Gasteiger partial charge in [-0.2, -0.15) is 0 Å². The van der Waals surface area contributed by atoms with E-state index in [0.717, 1.165) is 18.3 Å². The van der Waals surface area contributed by atoms with Crippen LogP contribution in [-0.2, 0) is 12.8 Å². The number of hydrogen-bond acceptors (Lipinski definition) is 0. The third-order valence-corrected chi connectivity index (χ3v) is 8.07. The summed E-state index contributed by atoms with van der Waals surface area (Å²) >= 11 is 0. The molecule has 0 nitrogen and oxygen atoms in total. The van der Waals surface area contributed by atoms with Crippen molar-refractivity contribution in [3.8, 4) is 11.1 Å². The molecule has 0 heterocycles. The summed E-state index contributed by atoms with van der Waals surface area (Å²) in [5.74, 6) is -1.10. The summed E-state index contributed by atoms with van der Waals surface area (Å²) in [6.07, 6.45) is 19.4. The van der Waals surface area contributed by atoms with Gasteiger partial charge < -0.3 is 0 Å². The van der Waals surface area contributed by atoms with Gasteiger partial charge in [0.05, 0.1) is 5.39 Å². The van der Waals surface area contributed by atoms with Crippen molar-refractivity contribution < 1.29 is 13.2 Å². The first kappa shape index (κ1) is 27.2. The lowest BCUT2D eigenvalue weighted by Gasteiger charge is -2.28. The predicted octanol–water partition coefficient (Wildman–Crippen LogP) is 10.5. The third kappa shape index (κ3) is 6.74. The van der Waals surface area contributed by atoms with E-state index < -0.39 is 17.5 Å². The molecule has 1 aliphatic rings. The molecular weight excluding hydrogens is 465 g/mol. The quantitative estimate of drug-likeness (QED) is 0.241. The number of benzene rings is 3. The standard InChI is InChI=1S/C34H39F3/c1-3-5-7-9-24-11-13-25(14-12-24)15-16-26-17-19-27(20-18-26)30-23-29-22-21-28(10-8-6-4-2)32(35)31(29)34(37)33(30)36/h3-6,17-25H,7-16H2,1-2H3/b5-3+,6-4+. The van der Waals surface area contributed by atoms with Gasteiger partial charge in [0, 0.05) is 5.56 Å². The summed E-state index contributed by atoms with van der Waals surface area (Å²) in [4.78, 5) is 0. The van der Waals surface area contributed by atoms with Crippen LogP contribution in [0.15, 0.2) is 66.8 Å². The molecule has 0 aliphatic heterocycles. The van der Waals surface area contributed by atoms with Gasteiger partial charge in [0.2, 0.25) is 0 Å². The molecule has 0 spiro atoms. The van der Waals surface area contributed by atoms with Crippen LogP contribution >= 0.6 is 0 Å². The average Bonchev–Trinajstić information content (AvgIpc) is 2.92. The second kappa shape index (κ2) is 13.1. The zero-order valence-corrected chi connectivity index (χ0v) is 22.2. The minimum Gasteiger partial charge on any atom is -0.206 e. The van der Waals surface area contributed by atoms with Crippen LogP contribution in [0.4, 0.5) is 13.2 Å².